The van der Waals surface area contributed by atoms with E-state index < -0.39 is 8.32 Å². The zero-order valence-electron chi connectivity index (χ0n) is 14.0. The molecule has 0 spiro atoms. The first-order chi connectivity index (χ1) is 9.62. The van der Waals surface area contributed by atoms with E-state index in [0.29, 0.717) is 29.8 Å². The summed E-state index contributed by atoms with van der Waals surface area (Å²) in [7, 11) is -0.325. The van der Waals surface area contributed by atoms with Crippen molar-refractivity contribution in [2.24, 2.45) is 5.73 Å². The number of ether oxygens (including phenoxy) is 1. The Morgan fingerprint density at radius 2 is 1.76 bits per heavy atom. The van der Waals surface area contributed by atoms with E-state index in [9.17, 15) is 4.39 Å². The normalized spacial score (nSPS) is 12.6. The third kappa shape index (κ3) is 4.53. The molecule has 0 unspecified atom stereocenters. The highest BCUT2D eigenvalue weighted by Gasteiger charge is 2.37. The van der Waals surface area contributed by atoms with Gasteiger partial charge in [-0.15, -0.1) is 0 Å². The van der Waals surface area contributed by atoms with Gasteiger partial charge in [-0.3, -0.25) is 0 Å². The van der Waals surface area contributed by atoms with E-state index in [2.05, 4.69) is 33.9 Å². The summed E-state index contributed by atoms with van der Waals surface area (Å²) in [5, 5.41) is 0.0996. The molecule has 0 saturated heterocycles. The van der Waals surface area contributed by atoms with Gasteiger partial charge in [-0.05, 0) is 48.8 Å². The lowest BCUT2D eigenvalue weighted by atomic mass is 10.1. The Morgan fingerprint density at radius 3 is 2.24 bits per heavy atom. The largest absolute Gasteiger partial charge is 0.497 e. The van der Waals surface area contributed by atoms with Gasteiger partial charge in [0.05, 0.1) is 13.7 Å². The van der Waals surface area contributed by atoms with Crippen molar-refractivity contribution in [2.45, 2.75) is 51.9 Å². The van der Waals surface area contributed by atoms with Crippen molar-refractivity contribution in [2.75, 3.05) is 13.7 Å². The predicted octanol–water partition coefficient (Wildman–Crippen LogP) is 3.86. The Hall–Kier alpha value is -0.913. The first-order valence-electron chi connectivity index (χ1n) is 7.31. The maximum atomic E-state index is 14.5. The minimum absolute atomic E-state index is 0.0996. The number of nitrogens with two attached hydrogens (primary N) is 1. The molecule has 5 heteroatoms. The van der Waals surface area contributed by atoms with Gasteiger partial charge >= 0.3 is 0 Å². The van der Waals surface area contributed by atoms with Gasteiger partial charge in [-0.1, -0.05) is 20.8 Å². The monoisotopic (exact) mass is 313 g/mol. The summed E-state index contributed by atoms with van der Waals surface area (Å²) in [4.78, 5) is 0. The Morgan fingerprint density at radius 1 is 1.19 bits per heavy atom. The van der Waals surface area contributed by atoms with E-state index in [1.807, 2.05) is 0 Å². The lowest BCUT2D eigenvalue weighted by Crippen LogP contribution is -2.40. The average molecular weight is 313 g/mol. The molecule has 1 rings (SSSR count). The van der Waals surface area contributed by atoms with E-state index >= 15 is 0 Å². The Labute approximate surface area is 128 Å². The molecule has 0 heterocycles. The quantitative estimate of drug-likeness (QED) is 0.811. The molecule has 120 valence electrons. The number of methoxy groups -OCH3 is 1. The van der Waals surface area contributed by atoms with E-state index in [1.54, 1.807) is 19.2 Å². The van der Waals surface area contributed by atoms with Gasteiger partial charge in [0.2, 0.25) is 0 Å². The van der Waals surface area contributed by atoms with Gasteiger partial charge in [-0.2, -0.15) is 0 Å². The van der Waals surface area contributed by atoms with Gasteiger partial charge in [0.25, 0.3) is 0 Å². The average Bonchev–Trinajstić information content (AvgIpc) is 2.38. The van der Waals surface area contributed by atoms with Crippen molar-refractivity contribution >= 4 is 8.32 Å². The lowest BCUT2D eigenvalue weighted by molar-refractivity contribution is 0.270. The summed E-state index contributed by atoms with van der Waals surface area (Å²) in [5.74, 6) is 0.425. The molecule has 21 heavy (non-hydrogen) atoms. The summed E-state index contributed by atoms with van der Waals surface area (Å²) in [6, 6.07) is 3.42. The highest BCUT2D eigenvalue weighted by Crippen LogP contribution is 2.37. The molecule has 0 bridgehead atoms. The molecule has 0 fully saturated rings. The molecule has 0 amide bonds. The van der Waals surface area contributed by atoms with Crippen molar-refractivity contribution in [1.82, 2.24) is 0 Å². The van der Waals surface area contributed by atoms with E-state index in [1.165, 1.54) is 0 Å². The highest BCUT2D eigenvalue weighted by atomic mass is 28.4. The van der Waals surface area contributed by atoms with Crippen LogP contribution in [0.15, 0.2) is 12.1 Å². The molecule has 1 aromatic rings. The van der Waals surface area contributed by atoms with Crippen LogP contribution in [0, 0.1) is 5.82 Å². The van der Waals surface area contributed by atoms with Gasteiger partial charge in [0, 0.05) is 5.56 Å². The van der Waals surface area contributed by atoms with E-state index in [-0.39, 0.29) is 17.5 Å². The van der Waals surface area contributed by atoms with Crippen LogP contribution < -0.4 is 10.5 Å². The zero-order chi connectivity index (χ0) is 16.3. The van der Waals surface area contributed by atoms with Crippen molar-refractivity contribution < 1.29 is 13.6 Å². The second-order valence-electron chi connectivity index (χ2n) is 6.85. The van der Waals surface area contributed by atoms with Crippen LogP contribution >= 0.6 is 0 Å². The van der Waals surface area contributed by atoms with Crippen molar-refractivity contribution in [1.29, 1.82) is 0 Å². The molecule has 0 atom stereocenters. The number of hydrogen-bond acceptors (Lipinski definition) is 3. The van der Waals surface area contributed by atoms with Crippen molar-refractivity contribution in [3.05, 3.63) is 29.1 Å². The third-order valence-corrected chi connectivity index (χ3v) is 8.72. The van der Waals surface area contributed by atoms with Crippen LogP contribution in [0.4, 0.5) is 4.39 Å². The molecule has 0 aliphatic heterocycles. The highest BCUT2D eigenvalue weighted by molar-refractivity contribution is 6.74. The SMILES string of the molecule is COc1cc(CCN)c(F)c(CO[Si](C)(C)C(C)(C)C)c1. The maximum absolute atomic E-state index is 14.5. The first kappa shape index (κ1) is 18.1. The third-order valence-electron chi connectivity index (χ3n) is 4.24. The van der Waals surface area contributed by atoms with E-state index in [4.69, 9.17) is 14.9 Å². The molecular formula is C16H28FNO2Si. The lowest BCUT2D eigenvalue weighted by Gasteiger charge is -2.36. The molecule has 0 saturated carbocycles. The van der Waals surface area contributed by atoms with Crippen LogP contribution in [0.5, 0.6) is 5.75 Å². The van der Waals surface area contributed by atoms with Crippen molar-refractivity contribution in [3.8, 4) is 5.75 Å². The van der Waals surface area contributed by atoms with E-state index in [0.717, 1.165) is 0 Å². The van der Waals surface area contributed by atoms with Crippen molar-refractivity contribution in [3.63, 3.8) is 0 Å². The molecule has 0 aliphatic carbocycles. The fraction of sp³-hybridized carbons (Fsp3) is 0.625. The van der Waals surface area contributed by atoms with Gasteiger partial charge < -0.3 is 14.9 Å². The fourth-order valence-electron chi connectivity index (χ4n) is 1.75. The smallest absolute Gasteiger partial charge is 0.192 e. The minimum Gasteiger partial charge on any atom is -0.497 e. The Balaban J connectivity index is 3.00. The summed E-state index contributed by atoms with van der Waals surface area (Å²) in [6.07, 6.45) is 0.496. The summed E-state index contributed by atoms with van der Waals surface area (Å²) in [5.41, 5.74) is 6.67. The number of hydrogen-bond donors (Lipinski definition) is 1. The molecule has 2 N–H and O–H groups in total. The van der Waals surface area contributed by atoms with Crippen LogP contribution in [0.2, 0.25) is 18.1 Å². The zero-order valence-corrected chi connectivity index (χ0v) is 15.0. The molecule has 0 aliphatic rings. The molecule has 0 radical (unpaired) electrons. The topological polar surface area (TPSA) is 44.5 Å². The molecular weight excluding hydrogens is 285 g/mol. The van der Waals surface area contributed by atoms with Crippen LogP contribution in [0.1, 0.15) is 31.9 Å². The minimum atomic E-state index is -1.91. The molecule has 3 nitrogen and oxygen atoms in total. The van der Waals surface area contributed by atoms with Crippen LogP contribution in [0.25, 0.3) is 0 Å². The van der Waals surface area contributed by atoms with Gasteiger partial charge in [0.1, 0.15) is 11.6 Å². The summed E-state index contributed by atoms with van der Waals surface area (Å²) >= 11 is 0. The maximum Gasteiger partial charge on any atom is 0.192 e. The first-order valence-corrected chi connectivity index (χ1v) is 10.2. The second-order valence-corrected chi connectivity index (χ2v) is 11.7. The number of rotatable bonds is 6. The Bertz CT molecular complexity index is 484. The molecule has 0 aromatic heterocycles. The standard InChI is InChI=1S/C16H28FNO2Si/c1-16(2,3)21(5,6)20-11-13-10-14(19-4)9-12(7-8-18)15(13)17/h9-10H,7-8,11,18H2,1-6H3. The number of benzene rings is 1. The van der Waals surface area contributed by atoms with Gasteiger partial charge in [-0.25, -0.2) is 4.39 Å². The molecule has 1 aromatic carbocycles. The summed E-state index contributed by atoms with van der Waals surface area (Å²) in [6.45, 7) is 11.5. The summed E-state index contributed by atoms with van der Waals surface area (Å²) < 4.78 is 25.8. The second kappa shape index (κ2) is 6.90. The van der Waals surface area contributed by atoms with Crippen LogP contribution in [-0.4, -0.2) is 22.0 Å². The fourth-order valence-corrected chi connectivity index (χ4v) is 2.70. The predicted molar refractivity (Wildman–Crippen MR) is 87.7 cm³/mol. The van der Waals surface area contributed by atoms with Crippen LogP contribution in [-0.2, 0) is 17.5 Å². The number of halogens is 1. The van der Waals surface area contributed by atoms with Gasteiger partial charge in [0.15, 0.2) is 8.32 Å². The van der Waals surface area contributed by atoms with Crippen LogP contribution in [0.3, 0.4) is 0 Å². The Kier molecular flexibility index (Phi) is 5.96.